The molecule has 82 valence electrons. The summed E-state index contributed by atoms with van der Waals surface area (Å²) < 4.78 is 5.38. The smallest absolute Gasteiger partial charge is 0.128 e. The largest absolute Gasteiger partial charge is 0.375 e. The van der Waals surface area contributed by atoms with Gasteiger partial charge in [0.2, 0.25) is 0 Å². The molecule has 4 heteroatoms. The molecule has 2 rings (SSSR count). The first-order valence-corrected chi connectivity index (χ1v) is 5.51. The Hall–Kier alpha value is -0.800. The van der Waals surface area contributed by atoms with E-state index in [9.17, 15) is 0 Å². The molecule has 1 aliphatic rings. The summed E-state index contributed by atoms with van der Waals surface area (Å²) in [5, 5.41) is 0. The number of pyridine rings is 1. The third kappa shape index (κ3) is 2.08. The van der Waals surface area contributed by atoms with Gasteiger partial charge < -0.3 is 9.64 Å². The number of aromatic nitrogens is 1. The van der Waals surface area contributed by atoms with Crippen LogP contribution in [0.25, 0.3) is 0 Å². The number of ether oxygens (including phenoxy) is 1. The molecule has 0 saturated carbocycles. The van der Waals surface area contributed by atoms with Crippen LogP contribution in [0.15, 0.2) is 18.3 Å². The van der Waals surface area contributed by atoms with Gasteiger partial charge in [-0.1, -0.05) is 6.07 Å². The average Bonchev–Trinajstić information content (AvgIpc) is 2.25. The second-order valence-electron chi connectivity index (χ2n) is 4.17. The van der Waals surface area contributed by atoms with Crippen LogP contribution in [0, 0.1) is 0 Å². The molecule has 0 N–H and O–H groups in total. The summed E-state index contributed by atoms with van der Waals surface area (Å²) >= 11 is 5.70. The molecule has 0 aromatic carbocycles. The van der Waals surface area contributed by atoms with Crippen molar-refractivity contribution in [2.24, 2.45) is 0 Å². The number of rotatable bonds is 3. The molecular weight excluding hydrogens is 212 g/mol. The monoisotopic (exact) mass is 226 g/mol. The molecule has 1 aliphatic heterocycles. The third-order valence-electron chi connectivity index (χ3n) is 2.83. The summed E-state index contributed by atoms with van der Waals surface area (Å²) in [6.45, 7) is 3.91. The van der Waals surface area contributed by atoms with E-state index >= 15 is 0 Å². The minimum absolute atomic E-state index is 0.00711. The van der Waals surface area contributed by atoms with Crippen molar-refractivity contribution in [2.45, 2.75) is 18.4 Å². The highest BCUT2D eigenvalue weighted by atomic mass is 35.5. The van der Waals surface area contributed by atoms with E-state index in [0.29, 0.717) is 5.88 Å². The van der Waals surface area contributed by atoms with Crippen LogP contribution in [0.1, 0.15) is 12.5 Å². The predicted octanol–water partition coefficient (Wildman–Crippen LogP) is 2.05. The zero-order valence-corrected chi connectivity index (χ0v) is 9.79. The van der Waals surface area contributed by atoms with Crippen LogP contribution < -0.4 is 4.90 Å². The maximum atomic E-state index is 5.70. The minimum Gasteiger partial charge on any atom is -0.375 e. The van der Waals surface area contributed by atoms with Gasteiger partial charge in [0, 0.05) is 32.3 Å². The van der Waals surface area contributed by atoms with E-state index in [4.69, 9.17) is 16.3 Å². The van der Waals surface area contributed by atoms with Crippen LogP contribution in [0.5, 0.6) is 0 Å². The summed E-state index contributed by atoms with van der Waals surface area (Å²) in [4.78, 5) is 6.55. The van der Waals surface area contributed by atoms with Crippen LogP contribution in [0.2, 0.25) is 0 Å². The molecular formula is C11H15ClN2O. The number of hydrogen-bond acceptors (Lipinski definition) is 3. The Morgan fingerprint density at radius 3 is 2.73 bits per heavy atom. The van der Waals surface area contributed by atoms with Crippen LogP contribution in [-0.2, 0) is 10.6 Å². The number of hydrogen-bond donors (Lipinski definition) is 0. The van der Waals surface area contributed by atoms with Gasteiger partial charge in [0.1, 0.15) is 5.82 Å². The van der Waals surface area contributed by atoms with E-state index in [0.717, 1.165) is 24.5 Å². The van der Waals surface area contributed by atoms with Gasteiger partial charge in [-0.2, -0.15) is 0 Å². The summed E-state index contributed by atoms with van der Waals surface area (Å²) in [5.74, 6) is 1.52. The Labute approximate surface area is 95.0 Å². The highest BCUT2D eigenvalue weighted by Gasteiger charge is 2.39. The topological polar surface area (TPSA) is 25.4 Å². The molecule has 0 amide bonds. The van der Waals surface area contributed by atoms with E-state index < -0.39 is 0 Å². The normalized spacial score (nSPS) is 18.7. The summed E-state index contributed by atoms with van der Waals surface area (Å²) in [7, 11) is 1.75. The average molecular weight is 227 g/mol. The van der Waals surface area contributed by atoms with E-state index in [2.05, 4.69) is 16.8 Å². The molecule has 1 saturated heterocycles. The number of anilines is 1. The first-order valence-electron chi connectivity index (χ1n) is 4.98. The zero-order valence-electron chi connectivity index (χ0n) is 9.03. The van der Waals surface area contributed by atoms with Crippen molar-refractivity contribution in [1.82, 2.24) is 4.98 Å². The quantitative estimate of drug-likeness (QED) is 0.738. The highest BCUT2D eigenvalue weighted by Crippen LogP contribution is 2.28. The fraction of sp³-hybridized carbons (Fsp3) is 0.545. The van der Waals surface area contributed by atoms with E-state index in [1.807, 2.05) is 18.3 Å². The van der Waals surface area contributed by atoms with E-state index in [1.54, 1.807) is 7.11 Å². The van der Waals surface area contributed by atoms with Crippen molar-refractivity contribution >= 4 is 17.4 Å². The van der Waals surface area contributed by atoms with Crippen LogP contribution in [-0.4, -0.2) is 30.8 Å². The lowest BCUT2D eigenvalue weighted by Gasteiger charge is -2.47. The van der Waals surface area contributed by atoms with Gasteiger partial charge in [-0.3, -0.25) is 0 Å². The van der Waals surface area contributed by atoms with Crippen molar-refractivity contribution in [3.8, 4) is 0 Å². The molecule has 3 nitrogen and oxygen atoms in total. The van der Waals surface area contributed by atoms with Gasteiger partial charge >= 0.3 is 0 Å². The molecule has 1 aromatic rings. The lowest BCUT2D eigenvalue weighted by molar-refractivity contribution is -0.0171. The minimum atomic E-state index is -0.00711. The summed E-state index contributed by atoms with van der Waals surface area (Å²) in [6.07, 6.45) is 1.82. The lowest BCUT2D eigenvalue weighted by Crippen LogP contribution is -2.61. The molecule has 0 atom stereocenters. The van der Waals surface area contributed by atoms with E-state index in [1.165, 1.54) is 0 Å². The summed E-state index contributed by atoms with van der Waals surface area (Å²) in [5.41, 5.74) is 1.04. The number of methoxy groups -OCH3 is 1. The predicted molar refractivity (Wildman–Crippen MR) is 61.4 cm³/mol. The van der Waals surface area contributed by atoms with Gasteiger partial charge in [0.05, 0.1) is 5.60 Å². The van der Waals surface area contributed by atoms with Crippen molar-refractivity contribution < 1.29 is 4.74 Å². The standard InChI is InChI=1S/C11H15ClN2O/c1-11(15-2)7-14(8-11)10-4-3-9(5-12)6-13-10/h3-4,6H,5,7-8H2,1-2H3. The number of alkyl halides is 1. The van der Waals surface area contributed by atoms with Gasteiger partial charge in [-0.25, -0.2) is 4.98 Å². The van der Waals surface area contributed by atoms with Gasteiger partial charge in [-0.05, 0) is 18.6 Å². The van der Waals surface area contributed by atoms with Crippen molar-refractivity contribution in [1.29, 1.82) is 0 Å². The van der Waals surface area contributed by atoms with Crippen LogP contribution >= 0.6 is 11.6 Å². The first-order chi connectivity index (χ1) is 7.17. The Kier molecular flexibility index (Phi) is 2.85. The maximum absolute atomic E-state index is 5.70. The molecule has 1 aromatic heterocycles. The second-order valence-corrected chi connectivity index (χ2v) is 4.44. The molecule has 15 heavy (non-hydrogen) atoms. The Morgan fingerprint density at radius 1 is 1.53 bits per heavy atom. The number of nitrogens with zero attached hydrogens (tertiary/aromatic N) is 2. The van der Waals surface area contributed by atoms with Crippen molar-refractivity contribution in [2.75, 3.05) is 25.1 Å². The Bertz CT molecular complexity index is 333. The lowest BCUT2D eigenvalue weighted by atomic mass is 9.96. The molecule has 2 heterocycles. The van der Waals surface area contributed by atoms with Gasteiger partial charge in [0.25, 0.3) is 0 Å². The van der Waals surface area contributed by atoms with Crippen molar-refractivity contribution in [3.63, 3.8) is 0 Å². The zero-order chi connectivity index (χ0) is 10.9. The molecule has 0 radical (unpaired) electrons. The molecule has 0 spiro atoms. The maximum Gasteiger partial charge on any atom is 0.128 e. The fourth-order valence-electron chi connectivity index (χ4n) is 1.74. The molecule has 0 aliphatic carbocycles. The second kappa shape index (κ2) is 3.99. The van der Waals surface area contributed by atoms with Gasteiger partial charge in [-0.15, -0.1) is 11.6 Å². The number of halogens is 1. The Morgan fingerprint density at radius 2 is 2.27 bits per heavy atom. The molecule has 0 unspecified atom stereocenters. The summed E-state index contributed by atoms with van der Waals surface area (Å²) in [6, 6.07) is 4.02. The van der Waals surface area contributed by atoms with Crippen LogP contribution in [0.4, 0.5) is 5.82 Å². The fourth-order valence-corrected chi connectivity index (χ4v) is 1.89. The third-order valence-corrected chi connectivity index (χ3v) is 3.14. The van der Waals surface area contributed by atoms with Crippen LogP contribution in [0.3, 0.4) is 0 Å². The Balaban J connectivity index is 2.01. The molecule has 0 bridgehead atoms. The first kappa shape index (κ1) is 10.7. The van der Waals surface area contributed by atoms with Crippen molar-refractivity contribution in [3.05, 3.63) is 23.9 Å². The SMILES string of the molecule is COC1(C)CN(c2ccc(CCl)cn2)C1. The molecule has 1 fully saturated rings. The van der Waals surface area contributed by atoms with Gasteiger partial charge in [0.15, 0.2) is 0 Å². The van der Waals surface area contributed by atoms with E-state index in [-0.39, 0.29) is 5.60 Å². The highest BCUT2D eigenvalue weighted by molar-refractivity contribution is 6.17.